The van der Waals surface area contributed by atoms with Crippen LogP contribution in [0.2, 0.25) is 0 Å². The Kier molecular flexibility index (Phi) is 12.1. The summed E-state index contributed by atoms with van der Waals surface area (Å²) in [5, 5.41) is 2.41. The molecule has 12 aromatic rings. The van der Waals surface area contributed by atoms with E-state index in [4.69, 9.17) is 0 Å². The highest BCUT2D eigenvalue weighted by atomic mass is 15.1. The first-order chi connectivity index (χ1) is 35.7. The van der Waals surface area contributed by atoms with Crippen LogP contribution in [0.4, 0.5) is 34.1 Å². The first-order valence-corrected chi connectivity index (χ1v) is 24.6. The SMILES string of the molecule is c1ccc(-c2ccc(N(c3ccc(-c4ccc(N(c5ccc(-c6cccc(-c7ccccc7)c6)cc5)c5ccc(-c6cccc(-c7ccccc7)c6)cc5)cc4)cc3)c3cccc4ccccc34)cc2)cc1. The van der Waals surface area contributed by atoms with E-state index in [0.29, 0.717) is 0 Å². The van der Waals surface area contributed by atoms with Gasteiger partial charge in [-0.1, -0.05) is 224 Å². The third-order valence-corrected chi connectivity index (χ3v) is 13.7. The van der Waals surface area contributed by atoms with Crippen LogP contribution < -0.4 is 9.80 Å². The van der Waals surface area contributed by atoms with E-state index in [1.165, 1.54) is 66.4 Å². The summed E-state index contributed by atoms with van der Waals surface area (Å²) in [4.78, 5) is 4.73. The normalized spacial score (nSPS) is 11.1. The molecular formula is C70H50N2. The number of benzene rings is 12. The number of fused-ring (bicyclic) bond motifs is 1. The van der Waals surface area contributed by atoms with Gasteiger partial charge in [0.15, 0.2) is 0 Å². The Hall–Kier alpha value is -9.50. The molecule has 72 heavy (non-hydrogen) atoms. The number of anilines is 6. The lowest BCUT2D eigenvalue weighted by atomic mass is 9.98. The lowest BCUT2D eigenvalue weighted by Gasteiger charge is -2.27. The van der Waals surface area contributed by atoms with Crippen molar-refractivity contribution in [1.82, 2.24) is 0 Å². The van der Waals surface area contributed by atoms with E-state index in [1.54, 1.807) is 0 Å². The van der Waals surface area contributed by atoms with Crippen LogP contribution in [0.1, 0.15) is 0 Å². The molecule has 0 radical (unpaired) electrons. The van der Waals surface area contributed by atoms with Gasteiger partial charge in [0.25, 0.3) is 0 Å². The number of hydrogen-bond donors (Lipinski definition) is 0. The summed E-state index contributed by atoms with van der Waals surface area (Å²) in [5.41, 5.74) is 20.8. The highest BCUT2D eigenvalue weighted by Crippen LogP contribution is 2.42. The molecule has 0 bridgehead atoms. The molecule has 12 aromatic carbocycles. The lowest BCUT2D eigenvalue weighted by molar-refractivity contribution is 1.28. The van der Waals surface area contributed by atoms with Crippen LogP contribution in [0.5, 0.6) is 0 Å². The monoisotopic (exact) mass is 918 g/mol. The molecule has 0 aliphatic heterocycles. The summed E-state index contributed by atoms with van der Waals surface area (Å²) in [6.45, 7) is 0. The Bertz CT molecular complexity index is 3610. The van der Waals surface area contributed by atoms with E-state index in [1.807, 2.05) is 0 Å². The van der Waals surface area contributed by atoms with Crippen molar-refractivity contribution in [3.05, 3.63) is 303 Å². The van der Waals surface area contributed by atoms with Crippen LogP contribution in [0, 0.1) is 0 Å². The minimum Gasteiger partial charge on any atom is -0.311 e. The molecule has 0 unspecified atom stereocenters. The van der Waals surface area contributed by atoms with Crippen LogP contribution in [0.15, 0.2) is 303 Å². The van der Waals surface area contributed by atoms with Crippen LogP contribution in [-0.4, -0.2) is 0 Å². The Morgan fingerprint density at radius 1 is 0.167 bits per heavy atom. The van der Waals surface area contributed by atoms with Crippen molar-refractivity contribution < 1.29 is 0 Å². The third-order valence-electron chi connectivity index (χ3n) is 13.7. The van der Waals surface area contributed by atoms with E-state index < -0.39 is 0 Å². The standard InChI is InChI=1S/C70H50N2/c1-4-15-51(16-5-1)54-31-45-67(46-32-54)72(70-28-14-22-59-21-10-11-27-69(59)70)68-47-33-56(34-48-68)55-29-39-64(40-30-55)71(65-41-35-57(36-42-65)62-25-12-23-60(49-62)52-17-6-2-7-18-52)66-43-37-58(38-44-66)63-26-13-24-61(50-63)53-19-8-3-9-20-53/h1-50H. The highest BCUT2D eigenvalue weighted by molar-refractivity contribution is 5.99. The fraction of sp³-hybridized carbons (Fsp3) is 0. The molecule has 0 aliphatic carbocycles. The van der Waals surface area contributed by atoms with Gasteiger partial charge in [0.1, 0.15) is 0 Å². The summed E-state index contributed by atoms with van der Waals surface area (Å²) >= 11 is 0. The molecule has 12 rings (SSSR count). The van der Waals surface area contributed by atoms with Crippen molar-refractivity contribution in [2.24, 2.45) is 0 Å². The van der Waals surface area contributed by atoms with Crippen molar-refractivity contribution in [3.8, 4) is 66.8 Å². The summed E-state index contributed by atoms with van der Waals surface area (Å²) in [7, 11) is 0. The van der Waals surface area contributed by atoms with Gasteiger partial charge in [0, 0.05) is 33.8 Å². The van der Waals surface area contributed by atoms with Gasteiger partial charge >= 0.3 is 0 Å². The Morgan fingerprint density at radius 3 is 0.792 bits per heavy atom. The van der Waals surface area contributed by atoms with E-state index in [0.717, 1.165) is 45.3 Å². The molecule has 340 valence electrons. The van der Waals surface area contributed by atoms with E-state index >= 15 is 0 Å². The zero-order chi connectivity index (χ0) is 48.1. The molecule has 2 heteroatoms. The largest absolute Gasteiger partial charge is 0.311 e. The molecule has 0 saturated heterocycles. The van der Waals surface area contributed by atoms with Crippen LogP contribution in [0.25, 0.3) is 77.5 Å². The van der Waals surface area contributed by atoms with Gasteiger partial charge in [-0.25, -0.2) is 0 Å². The Balaban J connectivity index is 0.871. The van der Waals surface area contributed by atoms with E-state index in [9.17, 15) is 0 Å². The molecule has 0 N–H and O–H groups in total. The van der Waals surface area contributed by atoms with Crippen molar-refractivity contribution >= 4 is 44.9 Å². The topological polar surface area (TPSA) is 6.48 Å². The van der Waals surface area contributed by atoms with E-state index in [2.05, 4.69) is 313 Å². The zero-order valence-electron chi connectivity index (χ0n) is 39.8. The van der Waals surface area contributed by atoms with Gasteiger partial charge < -0.3 is 9.80 Å². The van der Waals surface area contributed by atoms with Gasteiger partial charge in [-0.2, -0.15) is 0 Å². The smallest absolute Gasteiger partial charge is 0.0540 e. The Morgan fingerprint density at radius 2 is 0.417 bits per heavy atom. The first kappa shape index (κ1) is 43.8. The fourth-order valence-electron chi connectivity index (χ4n) is 9.94. The van der Waals surface area contributed by atoms with Crippen molar-refractivity contribution in [1.29, 1.82) is 0 Å². The predicted octanol–water partition coefficient (Wildman–Crippen LogP) is 19.8. The zero-order valence-corrected chi connectivity index (χ0v) is 39.8. The molecule has 0 amide bonds. The number of nitrogens with zero attached hydrogens (tertiary/aromatic N) is 2. The minimum atomic E-state index is 1.08. The molecule has 0 saturated carbocycles. The summed E-state index contributed by atoms with van der Waals surface area (Å²) in [6, 6.07) is 109. The van der Waals surface area contributed by atoms with Gasteiger partial charge in [-0.15, -0.1) is 0 Å². The van der Waals surface area contributed by atoms with Crippen LogP contribution >= 0.6 is 0 Å². The summed E-state index contributed by atoms with van der Waals surface area (Å²) < 4.78 is 0. The fourth-order valence-corrected chi connectivity index (χ4v) is 9.94. The lowest BCUT2D eigenvalue weighted by Crippen LogP contribution is -2.10. The average molecular weight is 919 g/mol. The van der Waals surface area contributed by atoms with Gasteiger partial charge in [0.05, 0.1) is 5.69 Å². The molecule has 0 heterocycles. The second-order valence-corrected chi connectivity index (χ2v) is 18.2. The van der Waals surface area contributed by atoms with Crippen molar-refractivity contribution in [2.75, 3.05) is 9.80 Å². The van der Waals surface area contributed by atoms with Crippen molar-refractivity contribution in [2.45, 2.75) is 0 Å². The van der Waals surface area contributed by atoms with Gasteiger partial charge in [0.2, 0.25) is 0 Å². The highest BCUT2D eigenvalue weighted by Gasteiger charge is 2.18. The maximum Gasteiger partial charge on any atom is 0.0540 e. The number of rotatable bonds is 12. The summed E-state index contributed by atoms with van der Waals surface area (Å²) in [5.74, 6) is 0. The van der Waals surface area contributed by atoms with E-state index in [-0.39, 0.29) is 0 Å². The Labute approximate surface area is 422 Å². The van der Waals surface area contributed by atoms with Crippen LogP contribution in [0.3, 0.4) is 0 Å². The second-order valence-electron chi connectivity index (χ2n) is 18.2. The molecule has 2 nitrogen and oxygen atoms in total. The molecule has 0 fully saturated rings. The van der Waals surface area contributed by atoms with Crippen molar-refractivity contribution in [3.63, 3.8) is 0 Å². The minimum absolute atomic E-state index is 1.08. The maximum absolute atomic E-state index is 2.37. The third kappa shape index (κ3) is 9.09. The second kappa shape index (κ2) is 19.8. The predicted molar refractivity (Wildman–Crippen MR) is 306 cm³/mol. The quantitative estimate of drug-likeness (QED) is 0.120. The first-order valence-electron chi connectivity index (χ1n) is 24.6. The summed E-state index contributed by atoms with van der Waals surface area (Å²) in [6.07, 6.45) is 0. The maximum atomic E-state index is 2.37. The van der Waals surface area contributed by atoms with Crippen LogP contribution in [-0.2, 0) is 0 Å². The molecular weight excluding hydrogens is 869 g/mol. The number of hydrogen-bond acceptors (Lipinski definition) is 2. The van der Waals surface area contributed by atoms with Gasteiger partial charge in [-0.3, -0.25) is 0 Å². The van der Waals surface area contributed by atoms with Gasteiger partial charge in [-0.05, 0) is 151 Å². The molecule has 0 atom stereocenters. The molecule has 0 spiro atoms. The molecule has 0 aromatic heterocycles. The molecule has 0 aliphatic rings. The average Bonchev–Trinajstić information content (AvgIpc) is 3.47.